The fraction of sp³-hybridized carbons (Fsp3) is 0.500. The first-order valence-electron chi connectivity index (χ1n) is 12.1. The van der Waals surface area contributed by atoms with Crippen molar-refractivity contribution in [2.75, 3.05) is 37.6 Å². The summed E-state index contributed by atoms with van der Waals surface area (Å²) in [5.74, 6) is 0.320. The lowest BCUT2D eigenvalue weighted by atomic mass is 10.1. The van der Waals surface area contributed by atoms with Gasteiger partial charge in [-0.2, -0.15) is 13.2 Å². The molecule has 0 bridgehead atoms. The maximum Gasteiger partial charge on any atom is 0.416 e. The predicted octanol–water partition coefficient (Wildman–Crippen LogP) is 3.70. The van der Waals surface area contributed by atoms with E-state index in [1.165, 1.54) is 12.1 Å². The van der Waals surface area contributed by atoms with E-state index in [4.69, 9.17) is 0 Å². The van der Waals surface area contributed by atoms with Crippen molar-refractivity contribution < 1.29 is 23.1 Å². The van der Waals surface area contributed by atoms with Crippen molar-refractivity contribution in [2.45, 2.75) is 51.1 Å². The fourth-order valence-corrected chi connectivity index (χ4v) is 5.03. The Morgan fingerprint density at radius 2 is 1.80 bits per heavy atom. The Bertz CT molecular complexity index is 1020. The molecule has 6 nitrogen and oxygen atoms in total. The SMILES string of the molecule is CC(C)N1C[C@@H](NCc2cccc(O)c2)C[C@H]1C(=O)N1CCN(c2cccc(C(F)(F)F)c2)CC1. The maximum atomic E-state index is 13.5. The Balaban J connectivity index is 1.35. The number of likely N-dealkylation sites (tertiary alicyclic amines) is 1. The van der Waals surface area contributed by atoms with E-state index in [0.717, 1.165) is 18.2 Å². The number of halogens is 3. The van der Waals surface area contributed by atoms with Crippen LogP contribution in [0, 0.1) is 0 Å². The van der Waals surface area contributed by atoms with E-state index in [9.17, 15) is 23.1 Å². The third-order valence-corrected chi connectivity index (χ3v) is 6.92. The zero-order valence-electron chi connectivity index (χ0n) is 20.1. The smallest absolute Gasteiger partial charge is 0.416 e. The van der Waals surface area contributed by atoms with E-state index in [0.29, 0.717) is 44.8 Å². The van der Waals surface area contributed by atoms with Crippen molar-refractivity contribution in [2.24, 2.45) is 0 Å². The zero-order valence-corrected chi connectivity index (χ0v) is 20.1. The molecule has 4 rings (SSSR count). The topological polar surface area (TPSA) is 59.1 Å². The summed E-state index contributed by atoms with van der Waals surface area (Å²) >= 11 is 0. The summed E-state index contributed by atoms with van der Waals surface area (Å²) in [6.45, 7) is 7.52. The van der Waals surface area contributed by atoms with Gasteiger partial charge in [0, 0.05) is 57.0 Å². The number of hydrogen-bond donors (Lipinski definition) is 2. The molecule has 0 spiro atoms. The molecule has 2 saturated heterocycles. The highest BCUT2D eigenvalue weighted by atomic mass is 19.4. The molecule has 9 heteroatoms. The molecular weight excluding hydrogens is 457 g/mol. The minimum Gasteiger partial charge on any atom is -0.508 e. The van der Waals surface area contributed by atoms with Crippen LogP contribution < -0.4 is 10.2 Å². The standard InChI is InChI=1S/C26H33F3N4O2/c1-18(2)33-17-21(30-16-19-5-3-8-23(34)13-19)15-24(33)25(35)32-11-9-31(10-12-32)22-7-4-6-20(14-22)26(27,28)29/h3-8,13-14,18,21,24,30,34H,9-12,15-17H2,1-2H3/t21-,24-/m0/s1. The molecule has 0 radical (unpaired) electrons. The van der Waals surface area contributed by atoms with Gasteiger partial charge in [-0.3, -0.25) is 9.69 Å². The Kier molecular flexibility index (Phi) is 7.56. The number of carbonyl (C=O) groups is 1. The summed E-state index contributed by atoms with van der Waals surface area (Å²) in [6.07, 6.45) is -3.67. The summed E-state index contributed by atoms with van der Waals surface area (Å²) in [4.78, 5) is 19.4. The van der Waals surface area contributed by atoms with Crippen molar-refractivity contribution in [3.8, 4) is 5.75 Å². The molecule has 190 valence electrons. The van der Waals surface area contributed by atoms with Crippen LogP contribution in [0.2, 0.25) is 0 Å². The molecule has 2 aromatic carbocycles. The average Bonchev–Trinajstić information content (AvgIpc) is 3.27. The molecule has 0 aliphatic carbocycles. The van der Waals surface area contributed by atoms with E-state index >= 15 is 0 Å². The van der Waals surface area contributed by atoms with Crippen molar-refractivity contribution in [1.82, 2.24) is 15.1 Å². The Labute approximate surface area is 204 Å². The second kappa shape index (κ2) is 10.5. The van der Waals surface area contributed by atoms with Crippen LogP contribution in [0.25, 0.3) is 0 Å². The highest BCUT2D eigenvalue weighted by Crippen LogP contribution is 2.32. The van der Waals surface area contributed by atoms with Crippen LogP contribution in [-0.4, -0.2) is 71.7 Å². The van der Waals surface area contributed by atoms with Crippen LogP contribution in [0.15, 0.2) is 48.5 Å². The second-order valence-electron chi connectivity index (χ2n) is 9.65. The number of piperazine rings is 1. The number of nitrogens with one attached hydrogen (secondary N) is 1. The number of nitrogens with zero attached hydrogens (tertiary/aromatic N) is 3. The van der Waals surface area contributed by atoms with Gasteiger partial charge >= 0.3 is 6.18 Å². The normalized spacial score (nSPS) is 21.7. The van der Waals surface area contributed by atoms with Crippen LogP contribution in [0.3, 0.4) is 0 Å². The Hall–Kier alpha value is -2.78. The quantitative estimate of drug-likeness (QED) is 0.647. The molecule has 1 amide bonds. The van der Waals surface area contributed by atoms with Gasteiger partial charge in [0.15, 0.2) is 0 Å². The number of rotatable bonds is 6. The second-order valence-corrected chi connectivity index (χ2v) is 9.65. The average molecular weight is 491 g/mol. The Morgan fingerprint density at radius 3 is 2.46 bits per heavy atom. The lowest BCUT2D eigenvalue weighted by molar-refractivity contribution is -0.137. The van der Waals surface area contributed by atoms with Gasteiger partial charge in [0.2, 0.25) is 5.91 Å². The number of alkyl halides is 3. The summed E-state index contributed by atoms with van der Waals surface area (Å²) in [7, 11) is 0. The van der Waals surface area contributed by atoms with Crippen molar-refractivity contribution in [3.05, 3.63) is 59.7 Å². The largest absolute Gasteiger partial charge is 0.508 e. The Morgan fingerprint density at radius 1 is 1.09 bits per heavy atom. The molecule has 0 aromatic heterocycles. The number of carbonyl (C=O) groups excluding carboxylic acids is 1. The molecule has 35 heavy (non-hydrogen) atoms. The summed E-state index contributed by atoms with van der Waals surface area (Å²) < 4.78 is 39.3. The molecule has 2 fully saturated rings. The van der Waals surface area contributed by atoms with Gasteiger partial charge in [0.25, 0.3) is 0 Å². The number of benzene rings is 2. The summed E-state index contributed by atoms with van der Waals surface area (Å²) in [6, 6.07) is 12.6. The summed E-state index contributed by atoms with van der Waals surface area (Å²) in [5.41, 5.74) is 0.866. The van der Waals surface area contributed by atoms with Crippen molar-refractivity contribution in [1.29, 1.82) is 0 Å². The number of aromatic hydroxyl groups is 1. The molecule has 2 aliphatic rings. The third-order valence-electron chi connectivity index (χ3n) is 6.92. The fourth-order valence-electron chi connectivity index (χ4n) is 5.03. The maximum absolute atomic E-state index is 13.5. The number of amides is 1. The zero-order chi connectivity index (χ0) is 25.2. The molecule has 0 saturated carbocycles. The van der Waals surface area contributed by atoms with Gasteiger partial charge in [-0.1, -0.05) is 18.2 Å². The number of phenolic OH excluding ortho intramolecular Hbond substituents is 1. The lowest BCUT2D eigenvalue weighted by Crippen LogP contribution is -2.54. The van der Waals surface area contributed by atoms with Gasteiger partial charge in [0.1, 0.15) is 5.75 Å². The van der Waals surface area contributed by atoms with E-state index < -0.39 is 11.7 Å². The molecule has 2 aliphatic heterocycles. The lowest BCUT2D eigenvalue weighted by Gasteiger charge is -2.39. The molecule has 2 heterocycles. The minimum atomic E-state index is -4.37. The molecule has 2 aromatic rings. The van der Waals surface area contributed by atoms with Crippen molar-refractivity contribution in [3.63, 3.8) is 0 Å². The monoisotopic (exact) mass is 490 g/mol. The predicted molar refractivity (Wildman–Crippen MR) is 129 cm³/mol. The van der Waals surface area contributed by atoms with Crippen LogP contribution in [0.1, 0.15) is 31.4 Å². The first-order valence-corrected chi connectivity index (χ1v) is 12.1. The van der Waals surface area contributed by atoms with Gasteiger partial charge in [-0.25, -0.2) is 0 Å². The van der Waals surface area contributed by atoms with E-state index in [1.54, 1.807) is 18.2 Å². The summed E-state index contributed by atoms with van der Waals surface area (Å²) in [5, 5.41) is 13.2. The van der Waals surface area contributed by atoms with Crippen LogP contribution in [0.5, 0.6) is 5.75 Å². The first kappa shape index (κ1) is 25.3. The number of hydrogen-bond acceptors (Lipinski definition) is 5. The highest BCUT2D eigenvalue weighted by molar-refractivity contribution is 5.82. The molecule has 2 N–H and O–H groups in total. The van der Waals surface area contributed by atoms with Crippen LogP contribution in [-0.2, 0) is 17.5 Å². The minimum absolute atomic E-state index is 0.0871. The third kappa shape index (κ3) is 6.08. The van der Waals surface area contributed by atoms with Gasteiger partial charge in [-0.05, 0) is 56.2 Å². The highest BCUT2D eigenvalue weighted by Gasteiger charge is 2.40. The number of phenols is 1. The van der Waals surface area contributed by atoms with E-state index in [1.807, 2.05) is 21.9 Å². The number of anilines is 1. The first-order chi connectivity index (χ1) is 16.6. The van der Waals surface area contributed by atoms with Crippen LogP contribution >= 0.6 is 0 Å². The molecular formula is C26H33F3N4O2. The van der Waals surface area contributed by atoms with Gasteiger partial charge in [-0.15, -0.1) is 0 Å². The van der Waals surface area contributed by atoms with Crippen molar-refractivity contribution >= 4 is 11.6 Å². The van der Waals surface area contributed by atoms with E-state index in [2.05, 4.69) is 24.1 Å². The molecule has 2 atom stereocenters. The van der Waals surface area contributed by atoms with Gasteiger partial charge in [0.05, 0.1) is 11.6 Å². The van der Waals surface area contributed by atoms with Crippen LogP contribution in [0.4, 0.5) is 18.9 Å². The molecule has 0 unspecified atom stereocenters. The van der Waals surface area contributed by atoms with Gasteiger partial charge < -0.3 is 20.2 Å². The van der Waals surface area contributed by atoms with E-state index in [-0.39, 0.29) is 29.8 Å².